The van der Waals surface area contributed by atoms with Crippen molar-refractivity contribution in [3.05, 3.63) is 22.2 Å². The lowest BCUT2D eigenvalue weighted by Gasteiger charge is -2.37. The van der Waals surface area contributed by atoms with E-state index in [0.717, 1.165) is 0 Å². The van der Waals surface area contributed by atoms with Crippen LogP contribution in [-0.4, -0.2) is 25.0 Å². The van der Waals surface area contributed by atoms with Gasteiger partial charge in [-0.1, -0.05) is 30.1 Å². The van der Waals surface area contributed by atoms with Crippen LogP contribution in [-0.2, 0) is 4.79 Å². The molecule has 0 radical (unpaired) electrons. The summed E-state index contributed by atoms with van der Waals surface area (Å²) < 4.78 is 0. The molecule has 1 amide bonds. The highest BCUT2D eigenvalue weighted by Crippen LogP contribution is 2.37. The van der Waals surface area contributed by atoms with Crippen LogP contribution in [0.1, 0.15) is 13.3 Å². The van der Waals surface area contributed by atoms with Gasteiger partial charge in [0.2, 0.25) is 5.91 Å². The van der Waals surface area contributed by atoms with E-state index < -0.39 is 0 Å². The van der Waals surface area contributed by atoms with Crippen molar-refractivity contribution in [1.29, 1.82) is 0 Å². The van der Waals surface area contributed by atoms with Gasteiger partial charge in [0.15, 0.2) is 0 Å². The number of carbonyl (C=O) groups excluding carboxylic acids is 1. The minimum absolute atomic E-state index is 0.00714. The molecule has 0 spiro atoms. The highest BCUT2D eigenvalue weighted by molar-refractivity contribution is 6.39. The van der Waals surface area contributed by atoms with Gasteiger partial charge >= 0.3 is 0 Å². The predicted molar refractivity (Wildman–Crippen MR) is 75.3 cm³/mol. The van der Waals surface area contributed by atoms with Crippen molar-refractivity contribution in [1.82, 2.24) is 5.32 Å². The zero-order valence-corrected chi connectivity index (χ0v) is 11.6. The summed E-state index contributed by atoms with van der Waals surface area (Å²) in [5, 5.41) is 3.80. The van der Waals surface area contributed by atoms with E-state index in [4.69, 9.17) is 28.9 Å². The first-order valence-corrected chi connectivity index (χ1v) is 6.59. The van der Waals surface area contributed by atoms with Gasteiger partial charge in [-0.05, 0) is 18.6 Å². The Kier molecular flexibility index (Phi) is 3.88. The van der Waals surface area contributed by atoms with Crippen LogP contribution in [0.25, 0.3) is 0 Å². The highest BCUT2D eigenvalue weighted by Gasteiger charge is 2.30. The smallest absolute Gasteiger partial charge is 0.242 e. The van der Waals surface area contributed by atoms with Gasteiger partial charge in [-0.3, -0.25) is 4.79 Å². The molecule has 0 saturated carbocycles. The van der Waals surface area contributed by atoms with Gasteiger partial charge in [-0.2, -0.15) is 0 Å². The topological polar surface area (TPSA) is 58.4 Å². The van der Waals surface area contributed by atoms with E-state index in [2.05, 4.69) is 5.32 Å². The summed E-state index contributed by atoms with van der Waals surface area (Å²) in [5.74, 6) is 0.00714. The van der Waals surface area contributed by atoms with Crippen LogP contribution in [0, 0.1) is 0 Å². The second-order valence-electron chi connectivity index (χ2n) is 4.24. The molecule has 1 aromatic rings. The maximum absolute atomic E-state index is 11.8. The Hall–Kier alpha value is -1.13. The average Bonchev–Trinajstić information content (AvgIpc) is 2.27. The molecule has 0 aromatic heterocycles. The fourth-order valence-electron chi connectivity index (χ4n) is 2.25. The standard InChI is InChI=1S/C12H15Cl2N3O/c1-2-10-12(18)16-3-4-17(10)11-8(13)5-7(15)6-9(11)14/h5-6,10H,2-4,15H2,1H3,(H,16,18). The summed E-state index contributed by atoms with van der Waals surface area (Å²) >= 11 is 12.4. The molecule has 1 aliphatic rings. The number of nitrogens with one attached hydrogen (secondary N) is 1. The number of halogens is 2. The first kappa shape index (κ1) is 13.3. The van der Waals surface area contributed by atoms with Gasteiger partial charge in [0.1, 0.15) is 6.04 Å². The summed E-state index contributed by atoms with van der Waals surface area (Å²) in [6.45, 7) is 3.24. The molecule has 0 bridgehead atoms. The van der Waals surface area contributed by atoms with Crippen LogP contribution < -0.4 is 16.0 Å². The molecule has 0 aliphatic carbocycles. The van der Waals surface area contributed by atoms with Crippen LogP contribution in [0.5, 0.6) is 0 Å². The molecule has 2 rings (SSSR count). The number of anilines is 2. The Morgan fingerprint density at radius 2 is 2.06 bits per heavy atom. The van der Waals surface area contributed by atoms with Crippen molar-refractivity contribution in [2.75, 3.05) is 23.7 Å². The van der Waals surface area contributed by atoms with Crippen molar-refractivity contribution in [3.8, 4) is 0 Å². The van der Waals surface area contributed by atoms with Crippen molar-refractivity contribution >= 4 is 40.5 Å². The number of nitrogens with two attached hydrogens (primary N) is 1. The largest absolute Gasteiger partial charge is 0.399 e. The van der Waals surface area contributed by atoms with E-state index in [-0.39, 0.29) is 11.9 Å². The molecule has 1 unspecified atom stereocenters. The normalized spacial score (nSPS) is 19.8. The maximum atomic E-state index is 11.8. The van der Waals surface area contributed by atoms with Crippen LogP contribution in [0.15, 0.2) is 12.1 Å². The second kappa shape index (κ2) is 5.24. The molecule has 4 nitrogen and oxygen atoms in total. The summed E-state index contributed by atoms with van der Waals surface area (Å²) in [5.41, 5.74) is 6.89. The monoisotopic (exact) mass is 287 g/mol. The molecular weight excluding hydrogens is 273 g/mol. The minimum atomic E-state index is -0.239. The molecule has 3 N–H and O–H groups in total. The van der Waals surface area contributed by atoms with Gasteiger partial charge in [0.25, 0.3) is 0 Å². The van der Waals surface area contributed by atoms with Crippen LogP contribution in [0.4, 0.5) is 11.4 Å². The molecule has 6 heteroatoms. The number of carbonyl (C=O) groups is 1. The molecule has 1 heterocycles. The number of piperazine rings is 1. The van der Waals surface area contributed by atoms with Crippen molar-refractivity contribution < 1.29 is 4.79 Å². The number of nitrogen functional groups attached to an aromatic ring is 1. The number of rotatable bonds is 2. The Morgan fingerprint density at radius 1 is 1.44 bits per heavy atom. The van der Waals surface area contributed by atoms with Crippen molar-refractivity contribution in [2.24, 2.45) is 0 Å². The lowest BCUT2D eigenvalue weighted by molar-refractivity contribution is -0.123. The zero-order chi connectivity index (χ0) is 13.3. The fraction of sp³-hybridized carbons (Fsp3) is 0.417. The van der Waals surface area contributed by atoms with E-state index in [9.17, 15) is 4.79 Å². The lowest BCUT2D eigenvalue weighted by atomic mass is 10.1. The van der Waals surface area contributed by atoms with Gasteiger partial charge in [-0.25, -0.2) is 0 Å². The molecule has 1 aliphatic heterocycles. The summed E-state index contributed by atoms with van der Waals surface area (Å²) in [7, 11) is 0. The first-order valence-electron chi connectivity index (χ1n) is 5.83. The van der Waals surface area contributed by atoms with Crippen LogP contribution in [0.2, 0.25) is 10.0 Å². The Bertz CT molecular complexity index is 455. The number of amides is 1. The van der Waals surface area contributed by atoms with Crippen LogP contribution in [0.3, 0.4) is 0 Å². The summed E-state index contributed by atoms with van der Waals surface area (Å²) in [6.07, 6.45) is 0.697. The third-order valence-corrected chi connectivity index (χ3v) is 3.62. The van der Waals surface area contributed by atoms with Crippen molar-refractivity contribution in [3.63, 3.8) is 0 Å². The van der Waals surface area contributed by atoms with E-state index in [1.54, 1.807) is 12.1 Å². The first-order chi connectivity index (χ1) is 8.54. The van der Waals surface area contributed by atoms with E-state index >= 15 is 0 Å². The average molecular weight is 288 g/mol. The number of hydrogen-bond donors (Lipinski definition) is 2. The van der Waals surface area contributed by atoms with Crippen molar-refractivity contribution in [2.45, 2.75) is 19.4 Å². The number of hydrogen-bond acceptors (Lipinski definition) is 3. The highest BCUT2D eigenvalue weighted by atomic mass is 35.5. The van der Waals surface area contributed by atoms with Gasteiger partial charge in [0.05, 0.1) is 15.7 Å². The molecular formula is C12H15Cl2N3O. The van der Waals surface area contributed by atoms with Gasteiger partial charge < -0.3 is 16.0 Å². The SMILES string of the molecule is CCC1C(=O)NCCN1c1c(Cl)cc(N)cc1Cl. The molecule has 1 aromatic carbocycles. The van der Waals surface area contributed by atoms with E-state index in [1.165, 1.54) is 0 Å². The lowest BCUT2D eigenvalue weighted by Crippen LogP contribution is -2.55. The quantitative estimate of drug-likeness (QED) is 0.821. The number of nitrogens with zero attached hydrogens (tertiary/aromatic N) is 1. The summed E-state index contributed by atoms with van der Waals surface area (Å²) in [6, 6.07) is 3.07. The Balaban J connectivity index is 2.43. The second-order valence-corrected chi connectivity index (χ2v) is 5.06. The molecule has 18 heavy (non-hydrogen) atoms. The minimum Gasteiger partial charge on any atom is -0.399 e. The zero-order valence-electron chi connectivity index (χ0n) is 10.0. The Morgan fingerprint density at radius 3 is 2.61 bits per heavy atom. The van der Waals surface area contributed by atoms with Crippen LogP contribution >= 0.6 is 23.2 Å². The van der Waals surface area contributed by atoms with E-state index in [1.807, 2.05) is 11.8 Å². The maximum Gasteiger partial charge on any atom is 0.242 e. The van der Waals surface area contributed by atoms with Gasteiger partial charge in [0, 0.05) is 18.8 Å². The molecule has 1 atom stereocenters. The molecule has 98 valence electrons. The van der Waals surface area contributed by atoms with Gasteiger partial charge in [-0.15, -0.1) is 0 Å². The number of benzene rings is 1. The third kappa shape index (κ3) is 2.35. The summed E-state index contributed by atoms with van der Waals surface area (Å²) in [4.78, 5) is 13.8. The Labute approximate surface area is 116 Å². The third-order valence-electron chi connectivity index (χ3n) is 3.04. The molecule has 1 saturated heterocycles. The van der Waals surface area contributed by atoms with E-state index in [0.29, 0.717) is 40.9 Å². The fourth-order valence-corrected chi connectivity index (χ4v) is 2.97. The molecule has 1 fully saturated rings. The predicted octanol–water partition coefficient (Wildman–Crippen LogP) is 2.29.